The zero-order valence-corrected chi connectivity index (χ0v) is 14.8. The van der Waals surface area contributed by atoms with Crippen LogP contribution < -0.4 is 5.32 Å². The number of rotatable bonds is 4. The second kappa shape index (κ2) is 6.22. The number of aromatic nitrogens is 2. The summed E-state index contributed by atoms with van der Waals surface area (Å²) < 4.78 is 7.15. The number of hydrogen-bond donors (Lipinski definition) is 1. The number of benzene rings is 1. The fourth-order valence-electron chi connectivity index (χ4n) is 2.76. The molecule has 0 bridgehead atoms. The van der Waals surface area contributed by atoms with Crippen LogP contribution in [0, 0.1) is 13.8 Å². The smallest absolute Gasteiger partial charge is 0.261 e. The number of carbonyl (C=O) groups is 1. The van der Waals surface area contributed by atoms with E-state index in [0.717, 1.165) is 27.4 Å². The fraction of sp³-hybridized carbons (Fsp3) is 0.158. The van der Waals surface area contributed by atoms with Crippen molar-refractivity contribution in [2.45, 2.75) is 20.4 Å². The van der Waals surface area contributed by atoms with E-state index in [1.165, 1.54) is 16.9 Å². The molecule has 5 nitrogen and oxygen atoms in total. The van der Waals surface area contributed by atoms with Crippen LogP contribution in [-0.2, 0) is 6.54 Å². The van der Waals surface area contributed by atoms with Gasteiger partial charge in [-0.1, -0.05) is 12.1 Å². The third kappa shape index (κ3) is 2.96. The molecule has 1 N–H and O–H groups in total. The van der Waals surface area contributed by atoms with E-state index >= 15 is 0 Å². The number of aryl methyl sites for hydroxylation is 2. The molecule has 1 aromatic carbocycles. The highest BCUT2D eigenvalue weighted by Crippen LogP contribution is 2.30. The van der Waals surface area contributed by atoms with Crippen LogP contribution >= 0.6 is 11.3 Å². The third-order valence-electron chi connectivity index (χ3n) is 4.02. The van der Waals surface area contributed by atoms with Crippen LogP contribution in [0.4, 0.5) is 0 Å². The summed E-state index contributed by atoms with van der Waals surface area (Å²) in [6.45, 7) is 4.40. The molecule has 0 aliphatic carbocycles. The molecule has 4 rings (SSSR count). The minimum Gasteiger partial charge on any atom is -0.467 e. The molecule has 3 heterocycles. The summed E-state index contributed by atoms with van der Waals surface area (Å²) >= 11 is 1.45. The van der Waals surface area contributed by atoms with Crippen LogP contribution in [0.15, 0.2) is 53.1 Å². The summed E-state index contributed by atoms with van der Waals surface area (Å²) in [4.78, 5) is 14.1. The molecule has 0 atom stereocenters. The minimum absolute atomic E-state index is 0.104. The normalized spacial score (nSPS) is 11.1. The van der Waals surface area contributed by atoms with Crippen molar-refractivity contribution in [3.8, 4) is 5.69 Å². The monoisotopic (exact) mass is 351 g/mol. The van der Waals surface area contributed by atoms with Crippen LogP contribution in [0.3, 0.4) is 0 Å². The zero-order valence-electron chi connectivity index (χ0n) is 13.9. The fourth-order valence-corrected chi connectivity index (χ4v) is 3.86. The largest absolute Gasteiger partial charge is 0.467 e. The molecule has 1 amide bonds. The Morgan fingerprint density at radius 1 is 1.24 bits per heavy atom. The molecule has 0 fully saturated rings. The highest BCUT2D eigenvalue weighted by Gasteiger charge is 2.17. The van der Waals surface area contributed by atoms with Crippen LogP contribution in [0.1, 0.15) is 26.7 Å². The van der Waals surface area contributed by atoms with Crippen molar-refractivity contribution in [2.24, 2.45) is 0 Å². The molecule has 6 heteroatoms. The topological polar surface area (TPSA) is 60.1 Å². The van der Waals surface area contributed by atoms with Gasteiger partial charge in [-0.25, -0.2) is 4.68 Å². The second-order valence-corrected chi connectivity index (χ2v) is 6.96. The Morgan fingerprint density at radius 2 is 2.12 bits per heavy atom. The van der Waals surface area contributed by atoms with E-state index in [2.05, 4.69) is 29.5 Å². The summed E-state index contributed by atoms with van der Waals surface area (Å²) in [6.07, 6.45) is 1.60. The standard InChI is InChI=1S/C19H17N3O2S/c1-12-5-3-6-14(9-12)22-19-16(13(2)21-22)10-17(25-19)18(23)20-11-15-7-4-8-24-15/h3-10H,11H2,1-2H3,(H,20,23). The molecular weight excluding hydrogens is 334 g/mol. The van der Waals surface area contributed by atoms with E-state index in [-0.39, 0.29) is 5.91 Å². The number of thiophene rings is 1. The van der Waals surface area contributed by atoms with E-state index in [1.54, 1.807) is 12.3 Å². The van der Waals surface area contributed by atoms with Crippen LogP contribution in [-0.4, -0.2) is 15.7 Å². The first-order valence-corrected chi connectivity index (χ1v) is 8.80. The van der Waals surface area contributed by atoms with Crippen molar-refractivity contribution in [1.29, 1.82) is 0 Å². The Labute approximate surface area is 148 Å². The SMILES string of the molecule is Cc1cccc(-n2nc(C)c3cc(C(=O)NCc4ccco4)sc32)c1. The Morgan fingerprint density at radius 3 is 2.88 bits per heavy atom. The van der Waals surface area contributed by atoms with Crippen molar-refractivity contribution in [1.82, 2.24) is 15.1 Å². The summed E-state index contributed by atoms with van der Waals surface area (Å²) in [5, 5.41) is 8.53. The lowest BCUT2D eigenvalue weighted by Gasteiger charge is -2.03. The molecule has 0 saturated heterocycles. The number of nitrogens with one attached hydrogen (secondary N) is 1. The van der Waals surface area contributed by atoms with Gasteiger partial charge in [0.25, 0.3) is 5.91 Å². The third-order valence-corrected chi connectivity index (χ3v) is 5.13. The van der Waals surface area contributed by atoms with E-state index in [1.807, 2.05) is 35.9 Å². The number of amides is 1. The van der Waals surface area contributed by atoms with Gasteiger partial charge in [0.2, 0.25) is 0 Å². The summed E-state index contributed by atoms with van der Waals surface area (Å²) in [5.74, 6) is 0.629. The molecule has 0 saturated carbocycles. The van der Waals surface area contributed by atoms with Crippen molar-refractivity contribution in [3.63, 3.8) is 0 Å². The first-order chi connectivity index (χ1) is 12.1. The second-order valence-electron chi connectivity index (χ2n) is 5.93. The Bertz CT molecular complexity index is 1040. The quantitative estimate of drug-likeness (QED) is 0.599. The molecule has 0 unspecified atom stereocenters. The van der Waals surface area contributed by atoms with Crippen molar-refractivity contribution in [2.75, 3.05) is 0 Å². The van der Waals surface area contributed by atoms with Gasteiger partial charge in [-0.15, -0.1) is 11.3 Å². The predicted octanol–water partition coefficient (Wildman–Crippen LogP) is 4.23. The van der Waals surface area contributed by atoms with Crippen LogP contribution in [0.25, 0.3) is 15.9 Å². The van der Waals surface area contributed by atoms with Gasteiger partial charge in [0.15, 0.2) is 0 Å². The number of furan rings is 1. The molecule has 3 aromatic heterocycles. The van der Waals surface area contributed by atoms with E-state index in [4.69, 9.17) is 4.42 Å². The molecule has 0 radical (unpaired) electrons. The minimum atomic E-state index is -0.104. The lowest BCUT2D eigenvalue weighted by atomic mass is 10.2. The van der Waals surface area contributed by atoms with Gasteiger partial charge in [0.1, 0.15) is 10.6 Å². The maximum atomic E-state index is 12.4. The van der Waals surface area contributed by atoms with Gasteiger partial charge in [-0.05, 0) is 49.7 Å². The molecule has 4 aromatic rings. The van der Waals surface area contributed by atoms with Crippen molar-refractivity contribution in [3.05, 3.63) is 70.6 Å². The Kier molecular flexibility index (Phi) is 3.89. The van der Waals surface area contributed by atoms with Crippen molar-refractivity contribution < 1.29 is 9.21 Å². The lowest BCUT2D eigenvalue weighted by Crippen LogP contribution is -2.21. The highest BCUT2D eigenvalue weighted by atomic mass is 32.1. The van der Waals surface area contributed by atoms with E-state index < -0.39 is 0 Å². The van der Waals surface area contributed by atoms with E-state index in [9.17, 15) is 4.79 Å². The highest BCUT2D eigenvalue weighted by molar-refractivity contribution is 7.20. The van der Waals surface area contributed by atoms with Crippen molar-refractivity contribution >= 4 is 27.5 Å². The number of nitrogens with zero attached hydrogens (tertiary/aromatic N) is 2. The van der Waals surface area contributed by atoms with Crippen LogP contribution in [0.5, 0.6) is 0 Å². The number of carbonyl (C=O) groups excluding carboxylic acids is 1. The maximum absolute atomic E-state index is 12.4. The average molecular weight is 351 g/mol. The Balaban J connectivity index is 1.66. The van der Waals surface area contributed by atoms with Gasteiger partial charge in [0.05, 0.1) is 29.1 Å². The summed E-state index contributed by atoms with van der Waals surface area (Å²) in [7, 11) is 0. The van der Waals surface area contributed by atoms with Crippen LogP contribution in [0.2, 0.25) is 0 Å². The van der Waals surface area contributed by atoms with Gasteiger partial charge in [-0.2, -0.15) is 5.10 Å². The predicted molar refractivity (Wildman–Crippen MR) is 98.3 cm³/mol. The van der Waals surface area contributed by atoms with Gasteiger partial charge in [0, 0.05) is 5.39 Å². The Hall–Kier alpha value is -2.86. The lowest BCUT2D eigenvalue weighted by molar-refractivity contribution is 0.0952. The molecule has 126 valence electrons. The molecule has 0 aliphatic heterocycles. The first-order valence-electron chi connectivity index (χ1n) is 7.98. The molecule has 25 heavy (non-hydrogen) atoms. The zero-order chi connectivity index (χ0) is 17.4. The molecular formula is C19H17N3O2S. The van der Waals surface area contributed by atoms with Gasteiger partial charge < -0.3 is 9.73 Å². The molecule has 0 aliphatic rings. The summed E-state index contributed by atoms with van der Waals surface area (Å²) in [6, 6.07) is 13.7. The number of hydrogen-bond acceptors (Lipinski definition) is 4. The first kappa shape index (κ1) is 15.7. The average Bonchev–Trinajstić information content (AvgIpc) is 3.31. The van der Waals surface area contributed by atoms with E-state index in [0.29, 0.717) is 11.4 Å². The molecule has 0 spiro atoms. The van der Waals surface area contributed by atoms with Gasteiger partial charge >= 0.3 is 0 Å². The summed E-state index contributed by atoms with van der Waals surface area (Å²) in [5.41, 5.74) is 3.09. The number of fused-ring (bicyclic) bond motifs is 1. The van der Waals surface area contributed by atoms with Gasteiger partial charge in [-0.3, -0.25) is 4.79 Å². The maximum Gasteiger partial charge on any atom is 0.261 e.